The van der Waals surface area contributed by atoms with E-state index in [0.717, 1.165) is 6.42 Å². The van der Waals surface area contributed by atoms with Gasteiger partial charge in [-0.05, 0) is 19.9 Å². The molecule has 0 radical (unpaired) electrons. The maximum Gasteiger partial charge on any atom is 0.336 e. The summed E-state index contributed by atoms with van der Waals surface area (Å²) in [6, 6.07) is 0. The average Bonchev–Trinajstić information content (AvgIpc) is 2.21. The molecule has 1 atom stereocenters. The van der Waals surface area contributed by atoms with Gasteiger partial charge in [0.05, 0.1) is 13.2 Å². The van der Waals surface area contributed by atoms with E-state index in [9.17, 15) is 9.90 Å². The standard InChI is InChI=1S/C10H21NO5/c1-10(14,9(12)13)8-11-4-3-5-16-7-6-15-2/h11,14H,3-8H2,1-2H3,(H,12,13). The third-order valence-corrected chi connectivity index (χ3v) is 2.00. The molecule has 3 N–H and O–H groups in total. The van der Waals surface area contributed by atoms with Crippen LogP contribution in [0.15, 0.2) is 0 Å². The molecule has 0 aromatic carbocycles. The van der Waals surface area contributed by atoms with Gasteiger partial charge in [-0.2, -0.15) is 0 Å². The third kappa shape index (κ3) is 7.58. The highest BCUT2D eigenvalue weighted by atomic mass is 16.5. The monoisotopic (exact) mass is 235 g/mol. The predicted octanol–water partition coefficient (Wildman–Crippen LogP) is -0.535. The highest BCUT2D eigenvalue weighted by molar-refractivity contribution is 5.76. The average molecular weight is 235 g/mol. The number of aliphatic hydroxyl groups is 1. The van der Waals surface area contributed by atoms with Gasteiger partial charge in [0.15, 0.2) is 5.60 Å². The Morgan fingerprint density at radius 1 is 1.38 bits per heavy atom. The van der Waals surface area contributed by atoms with Crippen molar-refractivity contribution in [2.75, 3.05) is 40.0 Å². The number of rotatable bonds is 10. The van der Waals surface area contributed by atoms with E-state index in [2.05, 4.69) is 5.32 Å². The summed E-state index contributed by atoms with van der Waals surface area (Å²) in [5, 5.41) is 20.8. The van der Waals surface area contributed by atoms with Crippen molar-refractivity contribution in [1.82, 2.24) is 5.32 Å². The molecule has 16 heavy (non-hydrogen) atoms. The summed E-state index contributed by atoms with van der Waals surface area (Å²) in [4.78, 5) is 10.5. The van der Waals surface area contributed by atoms with Crippen LogP contribution in [0.1, 0.15) is 13.3 Å². The fourth-order valence-electron chi connectivity index (χ4n) is 0.951. The van der Waals surface area contributed by atoms with Crippen LogP contribution in [0.4, 0.5) is 0 Å². The second kappa shape index (κ2) is 8.46. The lowest BCUT2D eigenvalue weighted by atomic mass is 10.1. The van der Waals surface area contributed by atoms with Crippen LogP contribution in [-0.2, 0) is 14.3 Å². The van der Waals surface area contributed by atoms with E-state index in [1.54, 1.807) is 7.11 Å². The highest BCUT2D eigenvalue weighted by Crippen LogP contribution is 2.00. The van der Waals surface area contributed by atoms with Crippen LogP contribution in [0, 0.1) is 0 Å². The minimum Gasteiger partial charge on any atom is -0.479 e. The molecule has 0 heterocycles. The summed E-state index contributed by atoms with van der Waals surface area (Å²) in [6.07, 6.45) is 0.763. The lowest BCUT2D eigenvalue weighted by Gasteiger charge is -2.18. The number of carboxylic acids is 1. The van der Waals surface area contributed by atoms with Gasteiger partial charge in [0, 0.05) is 20.3 Å². The Morgan fingerprint density at radius 3 is 2.62 bits per heavy atom. The Hall–Kier alpha value is -0.690. The van der Waals surface area contributed by atoms with Crippen molar-refractivity contribution in [2.24, 2.45) is 0 Å². The lowest BCUT2D eigenvalue weighted by molar-refractivity contribution is -0.156. The largest absolute Gasteiger partial charge is 0.479 e. The minimum atomic E-state index is -1.71. The Kier molecular flexibility index (Phi) is 8.10. The number of ether oxygens (including phenoxy) is 2. The molecule has 0 aliphatic heterocycles. The van der Waals surface area contributed by atoms with Crippen LogP contribution in [0.5, 0.6) is 0 Å². The Bertz CT molecular complexity index is 196. The van der Waals surface area contributed by atoms with Gasteiger partial charge < -0.3 is 25.0 Å². The number of hydrogen-bond donors (Lipinski definition) is 3. The van der Waals surface area contributed by atoms with Crippen LogP contribution in [-0.4, -0.2) is 61.8 Å². The zero-order chi connectivity index (χ0) is 12.4. The summed E-state index contributed by atoms with van der Waals surface area (Å²) in [5.41, 5.74) is -1.71. The van der Waals surface area contributed by atoms with E-state index in [0.29, 0.717) is 26.4 Å². The van der Waals surface area contributed by atoms with Gasteiger partial charge in [0.2, 0.25) is 0 Å². The molecule has 0 aromatic rings. The molecule has 0 aliphatic carbocycles. The van der Waals surface area contributed by atoms with Gasteiger partial charge in [-0.3, -0.25) is 0 Å². The molecule has 0 saturated heterocycles. The molecule has 0 aromatic heterocycles. The van der Waals surface area contributed by atoms with E-state index < -0.39 is 11.6 Å². The molecule has 6 heteroatoms. The van der Waals surface area contributed by atoms with Crippen LogP contribution >= 0.6 is 0 Å². The molecule has 0 fully saturated rings. The summed E-state index contributed by atoms with van der Waals surface area (Å²) in [5.74, 6) is -1.23. The maximum atomic E-state index is 10.5. The van der Waals surface area contributed by atoms with Crippen molar-refractivity contribution in [3.63, 3.8) is 0 Å². The molecule has 96 valence electrons. The number of carboxylic acid groups (broad SMARTS) is 1. The smallest absolute Gasteiger partial charge is 0.336 e. The van der Waals surface area contributed by atoms with Crippen molar-refractivity contribution >= 4 is 5.97 Å². The minimum absolute atomic E-state index is 0.0282. The molecule has 0 spiro atoms. The van der Waals surface area contributed by atoms with Gasteiger partial charge in [-0.15, -0.1) is 0 Å². The van der Waals surface area contributed by atoms with Crippen molar-refractivity contribution < 1.29 is 24.5 Å². The molecule has 0 aliphatic rings. The van der Waals surface area contributed by atoms with Crippen molar-refractivity contribution in [3.8, 4) is 0 Å². The Morgan fingerprint density at radius 2 is 2.06 bits per heavy atom. The first kappa shape index (κ1) is 15.3. The number of aliphatic carboxylic acids is 1. The quantitative estimate of drug-likeness (QED) is 0.441. The maximum absolute atomic E-state index is 10.5. The number of hydrogen-bond acceptors (Lipinski definition) is 5. The fraction of sp³-hybridized carbons (Fsp3) is 0.900. The summed E-state index contributed by atoms with van der Waals surface area (Å²) in [6.45, 7) is 3.62. The number of nitrogens with one attached hydrogen (secondary N) is 1. The van der Waals surface area contributed by atoms with E-state index in [-0.39, 0.29) is 6.54 Å². The first-order chi connectivity index (χ1) is 7.50. The second-order valence-electron chi connectivity index (χ2n) is 3.71. The van der Waals surface area contributed by atoms with Crippen LogP contribution in [0.2, 0.25) is 0 Å². The van der Waals surface area contributed by atoms with Crippen molar-refractivity contribution in [1.29, 1.82) is 0 Å². The second-order valence-corrected chi connectivity index (χ2v) is 3.71. The normalized spacial score (nSPS) is 14.7. The first-order valence-electron chi connectivity index (χ1n) is 5.24. The molecular weight excluding hydrogens is 214 g/mol. The zero-order valence-corrected chi connectivity index (χ0v) is 9.86. The van der Waals surface area contributed by atoms with Crippen molar-refractivity contribution in [3.05, 3.63) is 0 Å². The molecule has 0 amide bonds. The Labute approximate surface area is 95.6 Å². The highest BCUT2D eigenvalue weighted by Gasteiger charge is 2.28. The van der Waals surface area contributed by atoms with E-state index in [4.69, 9.17) is 14.6 Å². The van der Waals surface area contributed by atoms with Crippen LogP contribution < -0.4 is 5.32 Å². The van der Waals surface area contributed by atoms with Crippen molar-refractivity contribution in [2.45, 2.75) is 18.9 Å². The topological polar surface area (TPSA) is 88.0 Å². The van der Waals surface area contributed by atoms with Gasteiger partial charge >= 0.3 is 5.97 Å². The van der Waals surface area contributed by atoms with E-state index in [1.807, 2.05) is 0 Å². The summed E-state index contributed by atoms with van der Waals surface area (Å²) in [7, 11) is 1.61. The zero-order valence-electron chi connectivity index (χ0n) is 9.86. The van der Waals surface area contributed by atoms with Gasteiger partial charge in [0.25, 0.3) is 0 Å². The number of carbonyl (C=O) groups is 1. The summed E-state index contributed by atoms with van der Waals surface area (Å²) >= 11 is 0. The molecule has 0 saturated carbocycles. The molecule has 6 nitrogen and oxygen atoms in total. The third-order valence-electron chi connectivity index (χ3n) is 2.00. The molecule has 1 unspecified atom stereocenters. The van der Waals surface area contributed by atoms with Crippen LogP contribution in [0.3, 0.4) is 0 Å². The van der Waals surface area contributed by atoms with Gasteiger partial charge in [-0.25, -0.2) is 4.79 Å². The van der Waals surface area contributed by atoms with E-state index in [1.165, 1.54) is 6.92 Å². The van der Waals surface area contributed by atoms with Gasteiger partial charge in [0.1, 0.15) is 0 Å². The molecule has 0 rings (SSSR count). The summed E-state index contributed by atoms with van der Waals surface area (Å²) < 4.78 is 10.0. The van der Waals surface area contributed by atoms with Crippen LogP contribution in [0.25, 0.3) is 0 Å². The van der Waals surface area contributed by atoms with Gasteiger partial charge in [-0.1, -0.05) is 0 Å². The predicted molar refractivity (Wildman–Crippen MR) is 58.4 cm³/mol. The SMILES string of the molecule is COCCOCCCNCC(C)(O)C(=O)O. The molecule has 0 bridgehead atoms. The lowest BCUT2D eigenvalue weighted by Crippen LogP contribution is -2.45. The Balaban J connectivity index is 3.30. The fourth-order valence-corrected chi connectivity index (χ4v) is 0.951. The molecular formula is C10H21NO5. The first-order valence-corrected chi connectivity index (χ1v) is 5.24. The number of methoxy groups -OCH3 is 1. The van der Waals surface area contributed by atoms with E-state index >= 15 is 0 Å².